The lowest BCUT2D eigenvalue weighted by atomic mass is 9.79. The van der Waals surface area contributed by atoms with Gasteiger partial charge in [-0.2, -0.15) is 5.26 Å². The Bertz CT molecular complexity index is 520. The Balaban J connectivity index is 2.94. The van der Waals surface area contributed by atoms with Crippen LogP contribution in [0.25, 0.3) is 0 Å². The Morgan fingerprint density at radius 3 is 2.11 bits per heavy atom. The van der Waals surface area contributed by atoms with E-state index in [1.54, 1.807) is 20.8 Å². The minimum absolute atomic E-state index is 0.105. The van der Waals surface area contributed by atoms with Crippen LogP contribution in [0.5, 0.6) is 0 Å². The molecular weight excluding hydrogens is 262 g/mol. The van der Waals surface area contributed by atoms with E-state index in [4.69, 9.17) is 0 Å². The van der Waals surface area contributed by atoms with E-state index in [-0.39, 0.29) is 18.0 Å². The molecule has 0 bridgehead atoms. The van der Waals surface area contributed by atoms with Gasteiger partial charge < -0.3 is 0 Å². The van der Waals surface area contributed by atoms with Crippen LogP contribution in [0.2, 0.25) is 0 Å². The van der Waals surface area contributed by atoms with Crippen molar-refractivity contribution in [1.82, 2.24) is 0 Å². The van der Waals surface area contributed by atoms with Gasteiger partial charge in [-0.1, -0.05) is 13.8 Å². The molecule has 1 aliphatic rings. The van der Waals surface area contributed by atoms with Crippen LogP contribution in [0.1, 0.15) is 53.9 Å². The van der Waals surface area contributed by atoms with Gasteiger partial charge in [0.05, 0.1) is 16.6 Å². The number of carbonyl (C=O) groups excluding carboxylic acids is 1. The fourth-order valence-electron chi connectivity index (χ4n) is 2.42. The highest BCUT2D eigenvalue weighted by molar-refractivity contribution is 7.92. The second-order valence-electron chi connectivity index (χ2n) is 7.09. The molecule has 0 aromatic heterocycles. The molecule has 108 valence electrons. The maximum atomic E-state index is 12.3. The molecule has 5 heteroatoms. The summed E-state index contributed by atoms with van der Waals surface area (Å²) >= 11 is 0. The molecule has 0 spiro atoms. The molecule has 19 heavy (non-hydrogen) atoms. The SMILES string of the molecule is CC1(C)CCC(C#N)(CCS(=O)(=O)C(C)(C)C)C1=O. The number of nitriles is 1. The standard InChI is InChI=1S/C14H23NO3S/c1-12(2,3)19(17,18)9-8-14(10-15)7-6-13(4,5)11(14)16/h6-9H2,1-5H3. The fourth-order valence-corrected chi connectivity index (χ4v) is 3.65. The Morgan fingerprint density at radius 2 is 1.79 bits per heavy atom. The van der Waals surface area contributed by atoms with E-state index in [1.165, 1.54) is 0 Å². The van der Waals surface area contributed by atoms with Crippen LogP contribution in [0.4, 0.5) is 0 Å². The van der Waals surface area contributed by atoms with Gasteiger partial charge in [-0.05, 0) is 40.0 Å². The topological polar surface area (TPSA) is 75.0 Å². The minimum Gasteiger partial charge on any atom is -0.297 e. The molecule has 0 amide bonds. The number of carbonyl (C=O) groups is 1. The lowest BCUT2D eigenvalue weighted by Crippen LogP contribution is -2.36. The van der Waals surface area contributed by atoms with Crippen molar-refractivity contribution in [3.8, 4) is 6.07 Å². The quantitative estimate of drug-likeness (QED) is 0.798. The molecule has 1 aliphatic carbocycles. The van der Waals surface area contributed by atoms with Gasteiger partial charge in [0, 0.05) is 5.41 Å². The summed E-state index contributed by atoms with van der Waals surface area (Å²) in [6.07, 6.45) is 1.23. The van der Waals surface area contributed by atoms with Gasteiger partial charge in [0.15, 0.2) is 15.6 Å². The van der Waals surface area contributed by atoms with Crippen molar-refractivity contribution in [2.45, 2.75) is 58.6 Å². The normalized spacial score (nSPS) is 27.3. The Labute approximate surface area is 116 Å². The summed E-state index contributed by atoms with van der Waals surface area (Å²) in [5, 5.41) is 9.35. The van der Waals surface area contributed by atoms with E-state index >= 15 is 0 Å². The van der Waals surface area contributed by atoms with Gasteiger partial charge in [0.1, 0.15) is 5.41 Å². The third kappa shape index (κ3) is 2.84. The van der Waals surface area contributed by atoms with Crippen molar-refractivity contribution >= 4 is 15.6 Å². The first kappa shape index (κ1) is 16.2. The first-order chi connectivity index (χ1) is 8.38. The molecule has 1 rings (SSSR count). The predicted octanol–water partition coefficient (Wildman–Crippen LogP) is 2.49. The molecule has 1 saturated carbocycles. The van der Waals surface area contributed by atoms with Crippen LogP contribution in [-0.4, -0.2) is 24.7 Å². The van der Waals surface area contributed by atoms with Gasteiger partial charge in [-0.15, -0.1) is 0 Å². The average molecular weight is 285 g/mol. The number of sulfone groups is 1. The van der Waals surface area contributed by atoms with Crippen LogP contribution in [0.3, 0.4) is 0 Å². The molecule has 0 aromatic rings. The number of ketones is 1. The smallest absolute Gasteiger partial charge is 0.158 e. The lowest BCUT2D eigenvalue weighted by Gasteiger charge is -2.25. The molecule has 1 atom stereocenters. The largest absolute Gasteiger partial charge is 0.297 e. The van der Waals surface area contributed by atoms with E-state index in [0.29, 0.717) is 12.8 Å². The summed E-state index contributed by atoms with van der Waals surface area (Å²) in [7, 11) is -3.30. The summed E-state index contributed by atoms with van der Waals surface area (Å²) in [5.74, 6) is -0.210. The van der Waals surface area contributed by atoms with Gasteiger partial charge in [-0.3, -0.25) is 4.79 Å². The second-order valence-corrected chi connectivity index (χ2v) is 9.95. The zero-order valence-electron chi connectivity index (χ0n) is 12.4. The van der Waals surface area contributed by atoms with Gasteiger partial charge in [0.2, 0.25) is 0 Å². The first-order valence-electron chi connectivity index (χ1n) is 6.56. The van der Waals surface area contributed by atoms with Crippen molar-refractivity contribution in [2.75, 3.05) is 5.75 Å². The highest BCUT2D eigenvalue weighted by atomic mass is 32.2. The summed E-state index contributed by atoms with van der Waals surface area (Å²) in [4.78, 5) is 12.3. The zero-order chi connectivity index (χ0) is 15.1. The highest BCUT2D eigenvalue weighted by Gasteiger charge is 2.52. The number of nitrogens with zero attached hydrogens (tertiary/aromatic N) is 1. The van der Waals surface area contributed by atoms with Crippen LogP contribution >= 0.6 is 0 Å². The second kappa shape index (κ2) is 4.59. The zero-order valence-corrected chi connectivity index (χ0v) is 13.2. The molecule has 0 aromatic carbocycles. The molecule has 0 aliphatic heterocycles. The predicted molar refractivity (Wildman–Crippen MR) is 74.2 cm³/mol. The van der Waals surface area contributed by atoms with Crippen LogP contribution in [0.15, 0.2) is 0 Å². The Morgan fingerprint density at radius 1 is 1.26 bits per heavy atom. The van der Waals surface area contributed by atoms with Crippen molar-refractivity contribution in [3.05, 3.63) is 0 Å². The van der Waals surface area contributed by atoms with E-state index in [2.05, 4.69) is 6.07 Å². The van der Waals surface area contributed by atoms with Crippen LogP contribution in [-0.2, 0) is 14.6 Å². The molecule has 0 N–H and O–H groups in total. The van der Waals surface area contributed by atoms with Crippen molar-refractivity contribution in [1.29, 1.82) is 5.26 Å². The van der Waals surface area contributed by atoms with Crippen molar-refractivity contribution in [2.24, 2.45) is 10.8 Å². The van der Waals surface area contributed by atoms with E-state index in [0.717, 1.165) is 0 Å². The average Bonchev–Trinajstić information content (AvgIpc) is 2.49. The summed E-state index contributed by atoms with van der Waals surface area (Å²) in [6.45, 7) is 8.57. The van der Waals surface area contributed by atoms with Crippen molar-refractivity contribution < 1.29 is 13.2 Å². The van der Waals surface area contributed by atoms with Gasteiger partial charge in [-0.25, -0.2) is 8.42 Å². The van der Waals surface area contributed by atoms with Crippen LogP contribution < -0.4 is 0 Å². The molecule has 1 unspecified atom stereocenters. The van der Waals surface area contributed by atoms with E-state index in [1.807, 2.05) is 13.8 Å². The minimum atomic E-state index is -3.30. The highest BCUT2D eigenvalue weighted by Crippen LogP contribution is 2.47. The Kier molecular flexibility index (Phi) is 3.90. The molecule has 1 fully saturated rings. The summed E-state index contributed by atoms with van der Waals surface area (Å²) in [6, 6.07) is 2.09. The number of rotatable bonds is 3. The third-order valence-electron chi connectivity index (χ3n) is 4.17. The molecule has 0 radical (unpaired) electrons. The van der Waals surface area contributed by atoms with E-state index < -0.39 is 25.4 Å². The fraction of sp³-hybridized carbons (Fsp3) is 0.857. The van der Waals surface area contributed by atoms with Gasteiger partial charge >= 0.3 is 0 Å². The molecular formula is C14H23NO3S. The van der Waals surface area contributed by atoms with Crippen LogP contribution in [0, 0.1) is 22.2 Å². The van der Waals surface area contributed by atoms with E-state index in [9.17, 15) is 18.5 Å². The van der Waals surface area contributed by atoms with Gasteiger partial charge in [0.25, 0.3) is 0 Å². The molecule has 0 saturated heterocycles. The lowest BCUT2D eigenvalue weighted by molar-refractivity contribution is -0.130. The number of hydrogen-bond acceptors (Lipinski definition) is 4. The number of hydrogen-bond donors (Lipinski definition) is 0. The molecule has 4 nitrogen and oxygen atoms in total. The van der Waals surface area contributed by atoms with Crippen molar-refractivity contribution in [3.63, 3.8) is 0 Å². The monoisotopic (exact) mass is 285 g/mol. The molecule has 0 heterocycles. The summed E-state index contributed by atoms with van der Waals surface area (Å²) < 4.78 is 23.4. The first-order valence-corrected chi connectivity index (χ1v) is 8.22. The Hall–Kier alpha value is -0.890. The maximum Gasteiger partial charge on any atom is 0.158 e. The maximum absolute atomic E-state index is 12.3. The third-order valence-corrected chi connectivity index (χ3v) is 6.78. The number of Topliss-reactive ketones (excluding diaryl/α,β-unsaturated/α-hetero) is 1. The summed E-state index contributed by atoms with van der Waals surface area (Å²) in [5.41, 5.74) is -1.62.